The van der Waals surface area contributed by atoms with Gasteiger partial charge in [0.2, 0.25) is 0 Å². The van der Waals surface area contributed by atoms with Crippen molar-refractivity contribution in [3.8, 4) is 0 Å². The molecular weight excluding hydrogens is 309 g/mol. The Kier molecular flexibility index (Phi) is 4.65. The van der Waals surface area contributed by atoms with Crippen LogP contribution in [0.2, 0.25) is 0 Å². The van der Waals surface area contributed by atoms with Crippen LogP contribution in [0.1, 0.15) is 31.7 Å². The molecule has 1 saturated carbocycles. The van der Waals surface area contributed by atoms with E-state index in [1.165, 1.54) is 34.9 Å². The molecular formula is C14H20IN. The summed E-state index contributed by atoms with van der Waals surface area (Å²) >= 11 is 2.35. The quantitative estimate of drug-likeness (QED) is 0.828. The molecule has 0 amide bonds. The van der Waals surface area contributed by atoms with E-state index in [1.807, 2.05) is 0 Å². The second-order valence-electron chi connectivity index (χ2n) is 4.93. The van der Waals surface area contributed by atoms with Crippen LogP contribution in [-0.2, 0) is 6.54 Å². The van der Waals surface area contributed by atoms with Crippen molar-refractivity contribution >= 4 is 22.6 Å². The first-order valence-electron chi connectivity index (χ1n) is 6.21. The maximum atomic E-state index is 3.59. The van der Waals surface area contributed by atoms with Crippen molar-refractivity contribution in [1.82, 2.24) is 5.32 Å². The number of hydrogen-bond acceptors (Lipinski definition) is 1. The lowest BCUT2D eigenvalue weighted by Crippen LogP contribution is -2.23. The Labute approximate surface area is 112 Å². The molecule has 0 aliphatic heterocycles. The molecule has 1 N–H and O–H groups in total. The highest BCUT2D eigenvalue weighted by Crippen LogP contribution is 2.30. The third-order valence-electron chi connectivity index (χ3n) is 3.69. The van der Waals surface area contributed by atoms with Gasteiger partial charge in [0.05, 0.1) is 0 Å². The Hall–Kier alpha value is -0.0900. The highest BCUT2D eigenvalue weighted by molar-refractivity contribution is 14.1. The molecule has 1 aliphatic rings. The Morgan fingerprint density at radius 3 is 2.62 bits per heavy atom. The smallest absolute Gasteiger partial charge is 0.0205 e. The lowest BCUT2D eigenvalue weighted by Gasteiger charge is -2.15. The molecule has 16 heavy (non-hydrogen) atoms. The summed E-state index contributed by atoms with van der Waals surface area (Å²) in [5.41, 5.74) is 1.39. The minimum atomic E-state index is 0.906. The summed E-state index contributed by atoms with van der Waals surface area (Å²) in [5.74, 6) is 1.83. The fourth-order valence-corrected chi connectivity index (χ4v) is 2.89. The molecule has 2 unspecified atom stereocenters. The molecule has 0 aromatic heterocycles. The zero-order valence-corrected chi connectivity index (χ0v) is 12.0. The fourth-order valence-electron chi connectivity index (χ4n) is 2.53. The van der Waals surface area contributed by atoms with E-state index in [0.29, 0.717) is 0 Å². The number of rotatable bonds is 4. The van der Waals surface area contributed by atoms with Crippen LogP contribution in [0.15, 0.2) is 24.3 Å². The van der Waals surface area contributed by atoms with Crippen LogP contribution < -0.4 is 5.32 Å². The van der Waals surface area contributed by atoms with E-state index >= 15 is 0 Å². The van der Waals surface area contributed by atoms with Gasteiger partial charge in [-0.2, -0.15) is 0 Å². The standard InChI is InChI=1S/C14H20IN/c1-11-3-2-4-13(11)10-16-9-12-5-7-14(15)8-6-12/h5-8,11,13,16H,2-4,9-10H2,1H3. The van der Waals surface area contributed by atoms with Crippen LogP contribution >= 0.6 is 22.6 Å². The average molecular weight is 329 g/mol. The van der Waals surface area contributed by atoms with Gasteiger partial charge in [-0.15, -0.1) is 0 Å². The van der Waals surface area contributed by atoms with E-state index in [-0.39, 0.29) is 0 Å². The second kappa shape index (κ2) is 6.01. The SMILES string of the molecule is CC1CCCC1CNCc1ccc(I)cc1. The van der Waals surface area contributed by atoms with Crippen molar-refractivity contribution < 1.29 is 0 Å². The molecule has 1 fully saturated rings. The Morgan fingerprint density at radius 1 is 1.25 bits per heavy atom. The highest BCUT2D eigenvalue weighted by Gasteiger charge is 2.22. The van der Waals surface area contributed by atoms with Gasteiger partial charge in [-0.05, 0) is 65.1 Å². The third kappa shape index (κ3) is 3.45. The first-order valence-corrected chi connectivity index (χ1v) is 7.29. The summed E-state index contributed by atoms with van der Waals surface area (Å²) in [4.78, 5) is 0. The fraction of sp³-hybridized carbons (Fsp3) is 0.571. The van der Waals surface area contributed by atoms with Crippen LogP contribution in [0.4, 0.5) is 0 Å². The lowest BCUT2D eigenvalue weighted by atomic mass is 9.98. The number of hydrogen-bond donors (Lipinski definition) is 1. The molecule has 1 aliphatic carbocycles. The minimum Gasteiger partial charge on any atom is -0.312 e. The van der Waals surface area contributed by atoms with E-state index in [1.54, 1.807) is 0 Å². The number of benzene rings is 1. The van der Waals surface area contributed by atoms with E-state index < -0.39 is 0 Å². The van der Waals surface area contributed by atoms with Crippen LogP contribution in [-0.4, -0.2) is 6.54 Å². The van der Waals surface area contributed by atoms with Crippen molar-refractivity contribution in [2.24, 2.45) is 11.8 Å². The number of nitrogens with one attached hydrogen (secondary N) is 1. The topological polar surface area (TPSA) is 12.0 Å². The molecule has 2 atom stereocenters. The van der Waals surface area contributed by atoms with Gasteiger partial charge in [0.1, 0.15) is 0 Å². The normalized spacial score (nSPS) is 24.9. The molecule has 1 aromatic rings. The van der Waals surface area contributed by atoms with Gasteiger partial charge < -0.3 is 5.32 Å². The van der Waals surface area contributed by atoms with Crippen LogP contribution in [0, 0.1) is 15.4 Å². The molecule has 0 bridgehead atoms. The lowest BCUT2D eigenvalue weighted by molar-refractivity contribution is 0.392. The van der Waals surface area contributed by atoms with E-state index in [4.69, 9.17) is 0 Å². The van der Waals surface area contributed by atoms with Gasteiger partial charge in [-0.25, -0.2) is 0 Å². The maximum absolute atomic E-state index is 3.59. The summed E-state index contributed by atoms with van der Waals surface area (Å²) in [6.45, 7) is 4.59. The average Bonchev–Trinajstić information content (AvgIpc) is 2.68. The molecule has 0 spiro atoms. The number of halogens is 1. The Bertz CT molecular complexity index is 320. The molecule has 2 heteroatoms. The van der Waals surface area contributed by atoms with Crippen LogP contribution in [0.5, 0.6) is 0 Å². The van der Waals surface area contributed by atoms with Crippen molar-refractivity contribution in [1.29, 1.82) is 0 Å². The van der Waals surface area contributed by atoms with E-state index in [9.17, 15) is 0 Å². The summed E-state index contributed by atoms with van der Waals surface area (Å²) in [6.07, 6.45) is 4.27. The molecule has 1 aromatic carbocycles. The predicted octanol–water partition coefficient (Wildman–Crippen LogP) is 3.82. The van der Waals surface area contributed by atoms with Crippen molar-refractivity contribution in [2.45, 2.75) is 32.7 Å². The monoisotopic (exact) mass is 329 g/mol. The predicted molar refractivity (Wildman–Crippen MR) is 77.4 cm³/mol. The zero-order chi connectivity index (χ0) is 11.4. The van der Waals surface area contributed by atoms with Gasteiger partial charge in [0.15, 0.2) is 0 Å². The maximum Gasteiger partial charge on any atom is 0.0205 e. The molecule has 2 rings (SSSR count). The van der Waals surface area contributed by atoms with Gasteiger partial charge in [-0.1, -0.05) is 31.9 Å². The van der Waals surface area contributed by atoms with E-state index in [0.717, 1.165) is 18.4 Å². The van der Waals surface area contributed by atoms with Crippen molar-refractivity contribution in [3.05, 3.63) is 33.4 Å². The van der Waals surface area contributed by atoms with Crippen molar-refractivity contribution in [2.75, 3.05) is 6.54 Å². The van der Waals surface area contributed by atoms with Gasteiger partial charge in [0.25, 0.3) is 0 Å². The molecule has 0 saturated heterocycles. The Morgan fingerprint density at radius 2 is 2.00 bits per heavy atom. The Balaban J connectivity index is 1.73. The molecule has 88 valence electrons. The molecule has 0 heterocycles. The molecule has 1 nitrogen and oxygen atoms in total. The van der Waals surface area contributed by atoms with Gasteiger partial charge in [-0.3, -0.25) is 0 Å². The summed E-state index contributed by atoms with van der Waals surface area (Å²) in [5, 5.41) is 3.59. The van der Waals surface area contributed by atoms with Crippen LogP contribution in [0.3, 0.4) is 0 Å². The first-order chi connectivity index (χ1) is 7.75. The summed E-state index contributed by atoms with van der Waals surface area (Å²) in [7, 11) is 0. The second-order valence-corrected chi connectivity index (χ2v) is 6.17. The summed E-state index contributed by atoms with van der Waals surface area (Å²) in [6, 6.07) is 8.78. The minimum absolute atomic E-state index is 0.906. The largest absolute Gasteiger partial charge is 0.312 e. The third-order valence-corrected chi connectivity index (χ3v) is 4.41. The van der Waals surface area contributed by atoms with E-state index in [2.05, 4.69) is 59.1 Å². The van der Waals surface area contributed by atoms with Gasteiger partial charge >= 0.3 is 0 Å². The summed E-state index contributed by atoms with van der Waals surface area (Å²) < 4.78 is 1.31. The van der Waals surface area contributed by atoms with Gasteiger partial charge in [0, 0.05) is 10.1 Å². The van der Waals surface area contributed by atoms with Crippen molar-refractivity contribution in [3.63, 3.8) is 0 Å². The zero-order valence-electron chi connectivity index (χ0n) is 9.88. The van der Waals surface area contributed by atoms with Crippen LogP contribution in [0.25, 0.3) is 0 Å². The first kappa shape index (κ1) is 12.4. The highest BCUT2D eigenvalue weighted by atomic mass is 127. The molecule has 0 radical (unpaired) electrons.